The molecule has 0 bridgehead atoms. The fraction of sp³-hybridized carbons (Fsp3) is 0.167. The van der Waals surface area contributed by atoms with E-state index in [1.165, 1.54) is 30.5 Å². The third kappa shape index (κ3) is 3.03. The summed E-state index contributed by atoms with van der Waals surface area (Å²) in [4.78, 5) is 0.661. The van der Waals surface area contributed by atoms with Crippen molar-refractivity contribution in [2.24, 2.45) is 0 Å². The average Bonchev–Trinajstić information content (AvgIpc) is 2.78. The fourth-order valence-electron chi connectivity index (χ4n) is 1.65. The van der Waals surface area contributed by atoms with Gasteiger partial charge in [-0.15, -0.1) is 11.3 Å². The first-order valence-electron chi connectivity index (χ1n) is 5.55. The molecule has 0 saturated carbocycles. The van der Waals surface area contributed by atoms with Crippen LogP contribution in [0.5, 0.6) is 0 Å². The molecule has 4 nitrogen and oxygen atoms in total. The molecule has 0 aliphatic heterocycles. The van der Waals surface area contributed by atoms with E-state index in [4.69, 9.17) is 5.73 Å². The lowest BCUT2D eigenvalue weighted by Crippen LogP contribution is -2.27. The number of nitrogen functional groups attached to an aromatic ring is 1. The smallest absolute Gasteiger partial charge is 0.245 e. The van der Waals surface area contributed by atoms with E-state index in [1.807, 2.05) is 11.4 Å². The zero-order chi connectivity index (χ0) is 14.9. The van der Waals surface area contributed by atoms with Crippen molar-refractivity contribution in [3.8, 4) is 0 Å². The molecule has 20 heavy (non-hydrogen) atoms. The van der Waals surface area contributed by atoms with Crippen molar-refractivity contribution in [2.45, 2.75) is 11.4 Å². The van der Waals surface area contributed by atoms with Crippen LogP contribution in [0.1, 0.15) is 4.88 Å². The maximum absolute atomic E-state index is 13.4. The number of rotatable bonds is 4. The molecule has 2 rings (SSSR count). The van der Waals surface area contributed by atoms with Crippen LogP contribution >= 0.6 is 27.3 Å². The number of nitrogens with zero attached hydrogens (tertiary/aromatic N) is 1. The number of sulfonamides is 1. The number of nitrogens with two attached hydrogens (primary N) is 1. The number of thiophene rings is 1. The topological polar surface area (TPSA) is 63.4 Å². The normalized spacial score (nSPS) is 12.0. The monoisotopic (exact) mass is 378 g/mol. The summed E-state index contributed by atoms with van der Waals surface area (Å²) in [5.41, 5.74) is 5.16. The van der Waals surface area contributed by atoms with E-state index < -0.39 is 15.8 Å². The molecular formula is C12H12BrFN2O2S2. The molecule has 0 aliphatic carbocycles. The van der Waals surface area contributed by atoms with Crippen LogP contribution in [0.3, 0.4) is 0 Å². The zero-order valence-electron chi connectivity index (χ0n) is 10.5. The third-order valence-electron chi connectivity index (χ3n) is 2.70. The number of para-hydroxylation sites is 1. The van der Waals surface area contributed by atoms with Gasteiger partial charge in [-0.05, 0) is 34.1 Å². The van der Waals surface area contributed by atoms with Crippen molar-refractivity contribution in [1.82, 2.24) is 4.31 Å². The van der Waals surface area contributed by atoms with Gasteiger partial charge in [0.05, 0.1) is 5.69 Å². The van der Waals surface area contributed by atoms with Gasteiger partial charge in [0.15, 0.2) is 0 Å². The molecule has 0 aliphatic rings. The average molecular weight is 379 g/mol. The molecule has 0 unspecified atom stereocenters. The number of hydrogen-bond acceptors (Lipinski definition) is 4. The quantitative estimate of drug-likeness (QED) is 0.831. The van der Waals surface area contributed by atoms with E-state index in [0.717, 1.165) is 19.7 Å². The SMILES string of the molecule is CN(Cc1cc(Br)cs1)S(=O)(=O)c1cccc(F)c1N. The van der Waals surface area contributed by atoms with E-state index in [2.05, 4.69) is 15.9 Å². The van der Waals surface area contributed by atoms with E-state index >= 15 is 0 Å². The summed E-state index contributed by atoms with van der Waals surface area (Å²) in [5, 5.41) is 1.87. The predicted octanol–water partition coefficient (Wildman–Crippen LogP) is 3.05. The lowest BCUT2D eigenvalue weighted by molar-refractivity contribution is 0.469. The molecule has 1 aromatic carbocycles. The molecule has 0 amide bonds. The van der Waals surface area contributed by atoms with Crippen molar-refractivity contribution in [3.63, 3.8) is 0 Å². The van der Waals surface area contributed by atoms with Gasteiger partial charge in [0.25, 0.3) is 0 Å². The molecule has 0 atom stereocenters. The lowest BCUT2D eigenvalue weighted by atomic mass is 10.3. The minimum Gasteiger partial charge on any atom is -0.395 e. The van der Waals surface area contributed by atoms with Crippen molar-refractivity contribution < 1.29 is 12.8 Å². The van der Waals surface area contributed by atoms with Gasteiger partial charge >= 0.3 is 0 Å². The lowest BCUT2D eigenvalue weighted by Gasteiger charge is -2.17. The number of benzene rings is 1. The Kier molecular flexibility index (Phi) is 4.48. The van der Waals surface area contributed by atoms with Gasteiger partial charge in [0.2, 0.25) is 10.0 Å². The van der Waals surface area contributed by atoms with E-state index in [9.17, 15) is 12.8 Å². The zero-order valence-corrected chi connectivity index (χ0v) is 13.7. The largest absolute Gasteiger partial charge is 0.395 e. The molecule has 2 aromatic rings. The van der Waals surface area contributed by atoms with Gasteiger partial charge in [0, 0.05) is 28.3 Å². The molecule has 0 spiro atoms. The van der Waals surface area contributed by atoms with E-state index in [0.29, 0.717) is 0 Å². The Morgan fingerprint density at radius 3 is 2.75 bits per heavy atom. The summed E-state index contributed by atoms with van der Waals surface area (Å²) in [5.74, 6) is -0.738. The Morgan fingerprint density at radius 1 is 1.45 bits per heavy atom. The molecule has 0 saturated heterocycles. The molecule has 108 valence electrons. The Balaban J connectivity index is 2.32. The van der Waals surface area contributed by atoms with Gasteiger partial charge in [-0.1, -0.05) is 6.07 Å². The number of hydrogen-bond donors (Lipinski definition) is 1. The summed E-state index contributed by atoms with van der Waals surface area (Å²) >= 11 is 4.75. The van der Waals surface area contributed by atoms with E-state index in [1.54, 1.807) is 0 Å². The minimum absolute atomic E-state index is 0.203. The van der Waals surface area contributed by atoms with Crippen LogP contribution in [0, 0.1) is 5.82 Å². The summed E-state index contributed by atoms with van der Waals surface area (Å²) < 4.78 is 40.2. The number of halogens is 2. The number of anilines is 1. The van der Waals surface area contributed by atoms with Crippen molar-refractivity contribution in [2.75, 3.05) is 12.8 Å². The summed E-state index contributed by atoms with van der Waals surface area (Å²) in [6, 6.07) is 5.60. The summed E-state index contributed by atoms with van der Waals surface area (Å²) in [7, 11) is -2.38. The van der Waals surface area contributed by atoms with Crippen LogP contribution < -0.4 is 5.73 Å². The second-order valence-electron chi connectivity index (χ2n) is 4.14. The maximum Gasteiger partial charge on any atom is 0.245 e. The molecule has 8 heteroatoms. The van der Waals surface area contributed by atoms with Crippen LogP contribution in [0.2, 0.25) is 0 Å². The second-order valence-corrected chi connectivity index (χ2v) is 8.07. The van der Waals surface area contributed by atoms with Crippen LogP contribution in [0.25, 0.3) is 0 Å². The Labute approximate surface area is 129 Å². The van der Waals surface area contributed by atoms with Crippen molar-refractivity contribution in [3.05, 3.63) is 44.8 Å². The van der Waals surface area contributed by atoms with Crippen LogP contribution in [-0.4, -0.2) is 19.8 Å². The minimum atomic E-state index is -3.82. The first kappa shape index (κ1) is 15.4. The van der Waals surface area contributed by atoms with Crippen LogP contribution in [0.4, 0.5) is 10.1 Å². The molecule has 1 aromatic heterocycles. The highest BCUT2D eigenvalue weighted by molar-refractivity contribution is 9.10. The van der Waals surface area contributed by atoms with Crippen LogP contribution in [-0.2, 0) is 16.6 Å². The molecule has 0 radical (unpaired) electrons. The van der Waals surface area contributed by atoms with Crippen molar-refractivity contribution >= 4 is 43.0 Å². The van der Waals surface area contributed by atoms with Crippen LogP contribution in [0.15, 0.2) is 39.0 Å². The fourth-order valence-corrected chi connectivity index (χ4v) is 4.51. The Bertz CT molecular complexity index is 731. The van der Waals surface area contributed by atoms with Gasteiger partial charge in [-0.3, -0.25) is 0 Å². The molecule has 1 heterocycles. The predicted molar refractivity (Wildman–Crippen MR) is 81.5 cm³/mol. The third-order valence-corrected chi connectivity index (χ3v) is 6.25. The highest BCUT2D eigenvalue weighted by atomic mass is 79.9. The standard InChI is InChI=1S/C12H12BrFN2O2S2/c1-16(6-9-5-8(13)7-19-9)20(17,18)11-4-2-3-10(14)12(11)15/h2-5,7H,6,15H2,1H3. The first-order chi connectivity index (χ1) is 9.32. The Morgan fingerprint density at radius 2 is 2.15 bits per heavy atom. The summed E-state index contributed by atoms with van der Waals surface area (Å²) in [6.07, 6.45) is 0. The van der Waals surface area contributed by atoms with Gasteiger partial charge < -0.3 is 5.73 Å². The van der Waals surface area contributed by atoms with Gasteiger partial charge in [-0.2, -0.15) is 4.31 Å². The Hall–Kier alpha value is -0.960. The second kappa shape index (κ2) is 5.80. The van der Waals surface area contributed by atoms with Gasteiger partial charge in [0.1, 0.15) is 10.7 Å². The molecule has 2 N–H and O–H groups in total. The first-order valence-corrected chi connectivity index (χ1v) is 8.67. The molecule has 0 fully saturated rings. The maximum atomic E-state index is 13.4. The highest BCUT2D eigenvalue weighted by Crippen LogP contribution is 2.27. The molecular weight excluding hydrogens is 367 g/mol. The van der Waals surface area contributed by atoms with E-state index in [-0.39, 0.29) is 17.1 Å². The highest BCUT2D eigenvalue weighted by Gasteiger charge is 2.25. The summed E-state index contributed by atoms with van der Waals surface area (Å²) in [6.45, 7) is 0.203. The van der Waals surface area contributed by atoms with Crippen molar-refractivity contribution in [1.29, 1.82) is 0 Å². The van der Waals surface area contributed by atoms with Gasteiger partial charge in [-0.25, -0.2) is 12.8 Å².